The number of hydrogen-bond donors (Lipinski definition) is 1. The lowest BCUT2D eigenvalue weighted by molar-refractivity contribution is -0.212. The molecule has 4 unspecified atom stereocenters. The Kier molecular flexibility index (Phi) is 6.98. The van der Waals surface area contributed by atoms with E-state index < -0.39 is 41.8 Å². The van der Waals surface area contributed by atoms with Crippen molar-refractivity contribution in [2.45, 2.75) is 44.0 Å². The number of aliphatic hydroxyl groups excluding tert-OH is 1. The van der Waals surface area contributed by atoms with Crippen LogP contribution in [0.5, 0.6) is 0 Å². The summed E-state index contributed by atoms with van der Waals surface area (Å²) in [4.78, 5) is 0. The topological polar surface area (TPSA) is 38.7 Å². The SMILES string of the molecule is CC(OC1OCCC(CO)C1c1ccccc1)c1cc(C(F)(F)F)cc(C(F)(F)F)c1. The van der Waals surface area contributed by atoms with E-state index in [-0.39, 0.29) is 30.8 Å². The monoisotopic (exact) mass is 448 g/mol. The molecule has 0 spiro atoms. The molecule has 0 amide bonds. The van der Waals surface area contributed by atoms with Gasteiger partial charge in [-0.15, -0.1) is 0 Å². The molecule has 31 heavy (non-hydrogen) atoms. The van der Waals surface area contributed by atoms with Gasteiger partial charge >= 0.3 is 12.4 Å². The van der Waals surface area contributed by atoms with Gasteiger partial charge in [0.2, 0.25) is 0 Å². The van der Waals surface area contributed by atoms with Crippen molar-refractivity contribution in [1.29, 1.82) is 0 Å². The first-order valence-electron chi connectivity index (χ1n) is 9.73. The Labute approximate surface area is 175 Å². The molecule has 2 aromatic rings. The maximum Gasteiger partial charge on any atom is 0.416 e. The third kappa shape index (κ3) is 5.58. The Bertz CT molecular complexity index is 834. The maximum atomic E-state index is 13.2. The summed E-state index contributed by atoms with van der Waals surface area (Å²) in [6, 6.07) is 10.4. The first kappa shape index (κ1) is 23.6. The van der Waals surface area contributed by atoms with Crippen molar-refractivity contribution in [3.63, 3.8) is 0 Å². The van der Waals surface area contributed by atoms with Crippen LogP contribution in [0.15, 0.2) is 48.5 Å². The van der Waals surface area contributed by atoms with Crippen molar-refractivity contribution in [3.05, 3.63) is 70.8 Å². The van der Waals surface area contributed by atoms with Crippen LogP contribution in [-0.2, 0) is 21.8 Å². The lowest BCUT2D eigenvalue weighted by Crippen LogP contribution is -2.38. The van der Waals surface area contributed by atoms with Gasteiger partial charge in [-0.2, -0.15) is 26.3 Å². The molecule has 0 aromatic heterocycles. The van der Waals surface area contributed by atoms with Gasteiger partial charge in [0.1, 0.15) is 0 Å². The highest BCUT2D eigenvalue weighted by molar-refractivity contribution is 5.34. The van der Waals surface area contributed by atoms with Crippen LogP contribution in [0.1, 0.15) is 47.6 Å². The molecule has 1 heterocycles. The number of benzene rings is 2. The van der Waals surface area contributed by atoms with Crippen LogP contribution in [-0.4, -0.2) is 24.6 Å². The van der Waals surface area contributed by atoms with Gasteiger partial charge in [0.05, 0.1) is 23.8 Å². The first-order valence-corrected chi connectivity index (χ1v) is 9.73. The lowest BCUT2D eigenvalue weighted by atomic mass is 9.82. The number of hydrogen-bond acceptors (Lipinski definition) is 3. The summed E-state index contributed by atoms with van der Waals surface area (Å²) in [6.45, 7) is 1.48. The van der Waals surface area contributed by atoms with Gasteiger partial charge in [-0.25, -0.2) is 0 Å². The second-order valence-electron chi connectivity index (χ2n) is 7.52. The fourth-order valence-electron chi connectivity index (χ4n) is 3.77. The molecule has 0 bridgehead atoms. The van der Waals surface area contributed by atoms with Crippen LogP contribution in [0.4, 0.5) is 26.3 Å². The quantitative estimate of drug-likeness (QED) is 0.576. The lowest BCUT2D eigenvalue weighted by Gasteiger charge is -2.38. The summed E-state index contributed by atoms with van der Waals surface area (Å²) in [6.07, 6.45) is -11.4. The molecule has 4 atom stereocenters. The minimum atomic E-state index is -4.94. The average molecular weight is 448 g/mol. The van der Waals surface area contributed by atoms with Crippen molar-refractivity contribution in [2.75, 3.05) is 13.2 Å². The summed E-state index contributed by atoms with van der Waals surface area (Å²) >= 11 is 0. The summed E-state index contributed by atoms with van der Waals surface area (Å²) < 4.78 is 90.6. The zero-order valence-electron chi connectivity index (χ0n) is 16.6. The molecule has 3 nitrogen and oxygen atoms in total. The van der Waals surface area contributed by atoms with Crippen LogP contribution in [0.25, 0.3) is 0 Å². The normalized spacial score (nSPS) is 23.5. The molecule has 170 valence electrons. The van der Waals surface area contributed by atoms with E-state index in [2.05, 4.69) is 0 Å². The van der Waals surface area contributed by atoms with Crippen LogP contribution in [0.2, 0.25) is 0 Å². The zero-order chi connectivity index (χ0) is 22.8. The predicted molar refractivity (Wildman–Crippen MR) is 100 cm³/mol. The third-order valence-electron chi connectivity index (χ3n) is 5.41. The van der Waals surface area contributed by atoms with E-state index >= 15 is 0 Å². The summed E-state index contributed by atoms with van der Waals surface area (Å²) in [5, 5.41) is 9.78. The highest BCUT2D eigenvalue weighted by Crippen LogP contribution is 2.41. The van der Waals surface area contributed by atoms with Crippen molar-refractivity contribution in [2.24, 2.45) is 5.92 Å². The van der Waals surface area contributed by atoms with Crippen molar-refractivity contribution < 1.29 is 40.9 Å². The maximum absolute atomic E-state index is 13.2. The molecule has 1 N–H and O–H groups in total. The van der Waals surface area contributed by atoms with Gasteiger partial charge in [-0.05, 0) is 48.6 Å². The van der Waals surface area contributed by atoms with E-state index in [9.17, 15) is 31.4 Å². The minimum Gasteiger partial charge on any atom is -0.396 e. The second-order valence-corrected chi connectivity index (χ2v) is 7.52. The van der Waals surface area contributed by atoms with E-state index in [4.69, 9.17) is 9.47 Å². The molecule has 0 radical (unpaired) electrons. The highest BCUT2D eigenvalue weighted by atomic mass is 19.4. The molecule has 2 aromatic carbocycles. The number of aliphatic hydroxyl groups is 1. The molecule has 0 saturated carbocycles. The Morgan fingerprint density at radius 3 is 2.10 bits per heavy atom. The predicted octanol–water partition coefficient (Wildman–Crippen LogP) is 5.94. The molecule has 0 aliphatic carbocycles. The van der Waals surface area contributed by atoms with Gasteiger partial charge in [0.25, 0.3) is 0 Å². The highest BCUT2D eigenvalue weighted by Gasteiger charge is 2.39. The number of halogens is 6. The van der Waals surface area contributed by atoms with Crippen LogP contribution in [0.3, 0.4) is 0 Å². The molecular formula is C22H22F6O3. The van der Waals surface area contributed by atoms with Crippen molar-refractivity contribution >= 4 is 0 Å². The molecule has 1 aliphatic rings. The minimum absolute atomic E-state index is 0.0852. The number of alkyl halides is 6. The number of rotatable bonds is 5. The van der Waals surface area contributed by atoms with E-state index in [0.717, 1.165) is 5.56 Å². The molecule has 9 heteroatoms. The number of ether oxygens (including phenoxy) is 2. The van der Waals surface area contributed by atoms with E-state index in [1.54, 1.807) is 18.2 Å². The standard InChI is InChI=1S/C22H22F6O3/c1-13(16-9-17(21(23,24)25)11-18(10-16)22(26,27)28)31-20-19(14-5-3-2-4-6-14)15(12-29)7-8-30-20/h2-6,9-11,13,15,19-20,29H,7-8,12H2,1H3. The molecule has 1 saturated heterocycles. The fourth-order valence-corrected chi connectivity index (χ4v) is 3.77. The molecule has 3 rings (SSSR count). The largest absolute Gasteiger partial charge is 0.416 e. The third-order valence-corrected chi connectivity index (χ3v) is 5.41. The smallest absolute Gasteiger partial charge is 0.396 e. The van der Waals surface area contributed by atoms with E-state index in [0.29, 0.717) is 18.6 Å². The fraction of sp³-hybridized carbons (Fsp3) is 0.455. The van der Waals surface area contributed by atoms with Crippen LogP contribution in [0, 0.1) is 5.92 Å². The second kappa shape index (κ2) is 9.18. The van der Waals surface area contributed by atoms with Gasteiger partial charge in [-0.1, -0.05) is 30.3 Å². The molecular weight excluding hydrogens is 426 g/mol. The zero-order valence-corrected chi connectivity index (χ0v) is 16.6. The Hall–Kier alpha value is -2.10. The van der Waals surface area contributed by atoms with Gasteiger partial charge in [0.15, 0.2) is 6.29 Å². The van der Waals surface area contributed by atoms with Crippen molar-refractivity contribution in [3.8, 4) is 0 Å². The average Bonchev–Trinajstić information content (AvgIpc) is 2.72. The summed E-state index contributed by atoms with van der Waals surface area (Å²) in [7, 11) is 0. The summed E-state index contributed by atoms with van der Waals surface area (Å²) in [5.41, 5.74) is -2.25. The molecule has 1 fully saturated rings. The Morgan fingerprint density at radius 2 is 1.58 bits per heavy atom. The van der Waals surface area contributed by atoms with E-state index in [1.165, 1.54) is 6.92 Å². The molecule has 1 aliphatic heterocycles. The van der Waals surface area contributed by atoms with Crippen LogP contribution < -0.4 is 0 Å². The van der Waals surface area contributed by atoms with Gasteiger partial charge < -0.3 is 14.6 Å². The van der Waals surface area contributed by atoms with Gasteiger partial charge in [-0.3, -0.25) is 0 Å². The van der Waals surface area contributed by atoms with E-state index in [1.807, 2.05) is 12.1 Å². The summed E-state index contributed by atoms with van der Waals surface area (Å²) in [5.74, 6) is -0.643. The van der Waals surface area contributed by atoms with Crippen molar-refractivity contribution in [1.82, 2.24) is 0 Å². The Balaban J connectivity index is 1.92. The Morgan fingerprint density at radius 1 is 1.00 bits per heavy atom. The first-order chi connectivity index (χ1) is 14.5. The van der Waals surface area contributed by atoms with Gasteiger partial charge in [0, 0.05) is 12.5 Å². The van der Waals surface area contributed by atoms with Crippen LogP contribution >= 0.6 is 0 Å².